The highest BCUT2D eigenvalue weighted by Crippen LogP contribution is 2.08. The molecule has 1 aromatic heterocycles. The first-order valence-electron chi connectivity index (χ1n) is 5.64. The van der Waals surface area contributed by atoms with Gasteiger partial charge in [-0.2, -0.15) is 0 Å². The molecule has 98 valence electrons. The van der Waals surface area contributed by atoms with Gasteiger partial charge in [0.2, 0.25) is 0 Å². The fraction of sp³-hybridized carbons (Fsp3) is 0.417. The number of amides is 1. The second-order valence-electron chi connectivity index (χ2n) is 3.94. The molecule has 18 heavy (non-hydrogen) atoms. The average molecular weight is 254 g/mol. The van der Waals surface area contributed by atoms with Gasteiger partial charge in [0.15, 0.2) is 5.82 Å². The third-order valence-electron chi connectivity index (χ3n) is 2.61. The minimum absolute atomic E-state index is 0.0182. The van der Waals surface area contributed by atoms with Crippen LogP contribution in [0.3, 0.4) is 0 Å². The number of rotatable bonds is 6. The van der Waals surface area contributed by atoms with E-state index in [1.54, 1.807) is 0 Å². The molecule has 1 atom stereocenters. The van der Waals surface area contributed by atoms with E-state index in [2.05, 4.69) is 10.3 Å². The van der Waals surface area contributed by atoms with E-state index in [1.807, 2.05) is 6.92 Å². The lowest BCUT2D eigenvalue weighted by atomic mass is 10.0. The molecule has 0 aliphatic rings. The van der Waals surface area contributed by atoms with Crippen molar-refractivity contribution in [3.05, 3.63) is 29.8 Å². The van der Waals surface area contributed by atoms with Crippen LogP contribution in [0.5, 0.6) is 0 Å². The summed E-state index contributed by atoms with van der Waals surface area (Å²) in [5, 5.41) is 11.2. The molecule has 2 N–H and O–H groups in total. The van der Waals surface area contributed by atoms with Crippen LogP contribution in [0.15, 0.2) is 18.5 Å². The Kier molecular flexibility index (Phi) is 5.23. The Morgan fingerprint density at radius 1 is 1.56 bits per heavy atom. The zero-order chi connectivity index (χ0) is 13.5. The first-order valence-corrected chi connectivity index (χ1v) is 5.64. The molecule has 0 aliphatic heterocycles. The van der Waals surface area contributed by atoms with Gasteiger partial charge in [-0.15, -0.1) is 0 Å². The molecule has 0 bridgehead atoms. The summed E-state index contributed by atoms with van der Waals surface area (Å²) in [6.07, 6.45) is 2.90. The van der Waals surface area contributed by atoms with Gasteiger partial charge in [0, 0.05) is 19.2 Å². The number of halogens is 1. The van der Waals surface area contributed by atoms with Crippen LogP contribution < -0.4 is 5.32 Å². The first-order chi connectivity index (χ1) is 8.54. The van der Waals surface area contributed by atoms with Crippen LogP contribution in [0.4, 0.5) is 4.39 Å². The highest BCUT2D eigenvalue weighted by atomic mass is 19.1. The second-order valence-corrected chi connectivity index (χ2v) is 3.94. The van der Waals surface area contributed by atoms with Gasteiger partial charge in [0.25, 0.3) is 5.91 Å². The molecule has 0 saturated heterocycles. The summed E-state index contributed by atoms with van der Waals surface area (Å²) in [5.41, 5.74) is -0.0878. The molecule has 5 nitrogen and oxygen atoms in total. The number of pyridine rings is 1. The van der Waals surface area contributed by atoms with Gasteiger partial charge in [-0.05, 0) is 12.0 Å². The molecule has 1 unspecified atom stereocenters. The Hall–Kier alpha value is -1.98. The van der Waals surface area contributed by atoms with E-state index in [9.17, 15) is 14.0 Å². The van der Waals surface area contributed by atoms with E-state index in [0.29, 0.717) is 6.42 Å². The van der Waals surface area contributed by atoms with E-state index in [0.717, 1.165) is 6.20 Å². The molecule has 1 rings (SSSR count). The topological polar surface area (TPSA) is 79.3 Å². The third-order valence-corrected chi connectivity index (χ3v) is 2.61. The molecule has 1 amide bonds. The minimum atomic E-state index is -0.911. The fourth-order valence-electron chi connectivity index (χ4n) is 1.50. The largest absolute Gasteiger partial charge is 0.481 e. The molecule has 0 aromatic carbocycles. The number of carbonyl (C=O) groups is 2. The minimum Gasteiger partial charge on any atom is -0.481 e. The SMILES string of the molecule is CCC(CNC(=O)c1ccncc1F)CC(=O)O. The molecular weight excluding hydrogens is 239 g/mol. The Labute approximate surface area is 104 Å². The number of nitrogens with one attached hydrogen (secondary N) is 1. The van der Waals surface area contributed by atoms with Crippen molar-refractivity contribution in [2.75, 3.05) is 6.54 Å². The van der Waals surface area contributed by atoms with Crippen molar-refractivity contribution in [1.82, 2.24) is 10.3 Å². The van der Waals surface area contributed by atoms with Crippen molar-refractivity contribution in [3.63, 3.8) is 0 Å². The van der Waals surface area contributed by atoms with Gasteiger partial charge >= 0.3 is 5.97 Å². The lowest BCUT2D eigenvalue weighted by Gasteiger charge is -2.13. The Bertz CT molecular complexity index is 437. The quantitative estimate of drug-likeness (QED) is 0.805. The van der Waals surface area contributed by atoms with E-state index >= 15 is 0 Å². The molecule has 0 fully saturated rings. The van der Waals surface area contributed by atoms with E-state index in [4.69, 9.17) is 5.11 Å². The number of aromatic nitrogens is 1. The summed E-state index contributed by atoms with van der Waals surface area (Å²) >= 11 is 0. The summed E-state index contributed by atoms with van der Waals surface area (Å²) in [7, 11) is 0. The zero-order valence-electron chi connectivity index (χ0n) is 10.0. The van der Waals surface area contributed by atoms with E-state index in [-0.39, 0.29) is 24.4 Å². The van der Waals surface area contributed by atoms with Crippen LogP contribution in [0.2, 0.25) is 0 Å². The van der Waals surface area contributed by atoms with Gasteiger partial charge in [-0.25, -0.2) is 4.39 Å². The van der Waals surface area contributed by atoms with Crippen LogP contribution in [-0.2, 0) is 4.79 Å². The highest BCUT2D eigenvalue weighted by molar-refractivity contribution is 5.94. The Balaban J connectivity index is 2.55. The standard InChI is InChI=1S/C12H15FN2O3/c1-2-8(5-11(16)17)6-15-12(18)9-3-4-14-7-10(9)13/h3-4,7-8H,2,5-6H2,1H3,(H,15,18)(H,16,17). The number of aliphatic carboxylic acids is 1. The van der Waals surface area contributed by atoms with Crippen LogP contribution in [0, 0.1) is 11.7 Å². The Morgan fingerprint density at radius 3 is 2.83 bits per heavy atom. The van der Waals surface area contributed by atoms with Crippen molar-refractivity contribution >= 4 is 11.9 Å². The van der Waals surface area contributed by atoms with Crippen LogP contribution in [0.25, 0.3) is 0 Å². The van der Waals surface area contributed by atoms with Crippen molar-refractivity contribution < 1.29 is 19.1 Å². The smallest absolute Gasteiger partial charge is 0.303 e. The van der Waals surface area contributed by atoms with E-state index in [1.165, 1.54) is 12.3 Å². The lowest BCUT2D eigenvalue weighted by Crippen LogP contribution is -2.30. The summed E-state index contributed by atoms with van der Waals surface area (Å²) in [6.45, 7) is 2.05. The predicted molar refractivity (Wildman–Crippen MR) is 62.6 cm³/mol. The molecule has 0 radical (unpaired) electrons. The first kappa shape index (κ1) is 14.1. The van der Waals surface area contributed by atoms with Crippen molar-refractivity contribution in [3.8, 4) is 0 Å². The summed E-state index contributed by atoms with van der Waals surface area (Å²) in [6, 6.07) is 1.28. The van der Waals surface area contributed by atoms with Crippen molar-refractivity contribution in [2.24, 2.45) is 5.92 Å². The van der Waals surface area contributed by atoms with Crippen molar-refractivity contribution in [1.29, 1.82) is 0 Å². The molecule has 6 heteroatoms. The lowest BCUT2D eigenvalue weighted by molar-refractivity contribution is -0.138. The third kappa shape index (κ3) is 4.12. The van der Waals surface area contributed by atoms with Gasteiger partial charge in [-0.1, -0.05) is 13.3 Å². The molecule has 0 spiro atoms. The molecule has 0 aliphatic carbocycles. The van der Waals surface area contributed by atoms with Gasteiger partial charge in [-0.3, -0.25) is 14.6 Å². The monoisotopic (exact) mass is 254 g/mol. The van der Waals surface area contributed by atoms with Gasteiger partial charge in [0.05, 0.1) is 11.8 Å². The number of carbonyl (C=O) groups excluding carboxylic acids is 1. The maximum Gasteiger partial charge on any atom is 0.303 e. The number of hydrogen-bond acceptors (Lipinski definition) is 3. The van der Waals surface area contributed by atoms with Crippen LogP contribution >= 0.6 is 0 Å². The Morgan fingerprint density at radius 2 is 2.28 bits per heavy atom. The van der Waals surface area contributed by atoms with Crippen LogP contribution in [-0.4, -0.2) is 28.5 Å². The number of carboxylic acids is 1. The molecule has 1 aromatic rings. The van der Waals surface area contributed by atoms with Gasteiger partial charge in [0.1, 0.15) is 0 Å². The van der Waals surface area contributed by atoms with Crippen molar-refractivity contribution in [2.45, 2.75) is 19.8 Å². The summed E-state index contributed by atoms with van der Waals surface area (Å²) in [5.74, 6) is -2.32. The maximum absolute atomic E-state index is 13.2. The second kappa shape index (κ2) is 6.68. The molecular formula is C12H15FN2O3. The highest BCUT2D eigenvalue weighted by Gasteiger charge is 2.15. The molecule has 0 saturated carbocycles. The van der Waals surface area contributed by atoms with Gasteiger partial charge < -0.3 is 10.4 Å². The zero-order valence-corrected chi connectivity index (χ0v) is 10.0. The fourth-order valence-corrected chi connectivity index (χ4v) is 1.50. The molecule has 1 heterocycles. The predicted octanol–water partition coefficient (Wildman–Crippen LogP) is 1.45. The summed E-state index contributed by atoms with van der Waals surface area (Å²) < 4.78 is 13.2. The van der Waals surface area contributed by atoms with Crippen LogP contribution in [0.1, 0.15) is 30.1 Å². The number of carboxylic acid groups (broad SMARTS) is 1. The van der Waals surface area contributed by atoms with E-state index < -0.39 is 17.7 Å². The number of hydrogen-bond donors (Lipinski definition) is 2. The summed E-state index contributed by atoms with van der Waals surface area (Å²) in [4.78, 5) is 25.7. The number of nitrogens with zero attached hydrogens (tertiary/aromatic N) is 1. The maximum atomic E-state index is 13.2. The average Bonchev–Trinajstić information content (AvgIpc) is 2.34. The normalized spacial score (nSPS) is 11.9.